The standard InChI is InChI=1S/C10H14O3/c11-10-7-13-5-3-9(10)8-2-1-4-12-6-8/h6,9H,1-5,7H2. The molecule has 1 atom stereocenters. The van der Waals surface area contributed by atoms with E-state index in [9.17, 15) is 4.79 Å². The normalized spacial score (nSPS) is 29.4. The van der Waals surface area contributed by atoms with Crippen molar-refractivity contribution in [1.29, 1.82) is 0 Å². The third kappa shape index (κ3) is 1.91. The summed E-state index contributed by atoms with van der Waals surface area (Å²) in [4.78, 5) is 11.5. The van der Waals surface area contributed by atoms with Crippen molar-refractivity contribution in [3.05, 3.63) is 11.8 Å². The Hall–Kier alpha value is -0.830. The van der Waals surface area contributed by atoms with Crippen LogP contribution in [0.15, 0.2) is 11.8 Å². The average molecular weight is 182 g/mol. The highest BCUT2D eigenvalue weighted by molar-refractivity contribution is 5.85. The van der Waals surface area contributed by atoms with Crippen LogP contribution in [-0.4, -0.2) is 25.6 Å². The molecule has 2 rings (SSSR count). The molecule has 0 aromatic rings. The zero-order valence-electron chi connectivity index (χ0n) is 7.62. The van der Waals surface area contributed by atoms with Crippen LogP contribution in [-0.2, 0) is 14.3 Å². The molecule has 0 aromatic heterocycles. The number of carbonyl (C=O) groups excluding carboxylic acids is 1. The molecular formula is C10H14O3. The zero-order chi connectivity index (χ0) is 9.10. The van der Waals surface area contributed by atoms with Crippen molar-refractivity contribution in [3.63, 3.8) is 0 Å². The van der Waals surface area contributed by atoms with Gasteiger partial charge in [0.2, 0.25) is 0 Å². The van der Waals surface area contributed by atoms with Gasteiger partial charge in [-0.1, -0.05) is 0 Å². The fourth-order valence-corrected chi connectivity index (χ4v) is 1.87. The van der Waals surface area contributed by atoms with E-state index < -0.39 is 0 Å². The number of hydrogen-bond donors (Lipinski definition) is 0. The van der Waals surface area contributed by atoms with Crippen LogP contribution in [0, 0.1) is 5.92 Å². The first-order chi connectivity index (χ1) is 6.38. The Balaban J connectivity index is 2.04. The highest BCUT2D eigenvalue weighted by Gasteiger charge is 2.27. The number of ether oxygens (including phenoxy) is 2. The molecule has 72 valence electrons. The fourth-order valence-electron chi connectivity index (χ4n) is 1.87. The summed E-state index contributed by atoms with van der Waals surface area (Å²) < 4.78 is 10.3. The molecule has 1 saturated heterocycles. The molecule has 2 heterocycles. The summed E-state index contributed by atoms with van der Waals surface area (Å²) in [6.07, 6.45) is 4.65. The third-order valence-corrected chi connectivity index (χ3v) is 2.59. The van der Waals surface area contributed by atoms with E-state index in [1.54, 1.807) is 6.26 Å². The van der Waals surface area contributed by atoms with Gasteiger partial charge in [-0.05, 0) is 24.8 Å². The molecule has 0 radical (unpaired) electrons. The third-order valence-electron chi connectivity index (χ3n) is 2.59. The number of Topliss-reactive ketones (excluding diaryl/α,β-unsaturated/α-hetero) is 1. The van der Waals surface area contributed by atoms with Crippen LogP contribution >= 0.6 is 0 Å². The van der Waals surface area contributed by atoms with Crippen LogP contribution in [0.2, 0.25) is 0 Å². The Morgan fingerprint density at radius 3 is 3.00 bits per heavy atom. The second kappa shape index (κ2) is 3.92. The lowest BCUT2D eigenvalue weighted by Gasteiger charge is -2.25. The van der Waals surface area contributed by atoms with Crippen molar-refractivity contribution in [1.82, 2.24) is 0 Å². The van der Waals surface area contributed by atoms with Crippen molar-refractivity contribution in [2.45, 2.75) is 19.3 Å². The topological polar surface area (TPSA) is 35.5 Å². The van der Waals surface area contributed by atoms with Gasteiger partial charge in [-0.15, -0.1) is 0 Å². The highest BCUT2D eigenvalue weighted by Crippen LogP contribution is 2.26. The molecule has 0 aromatic carbocycles. The summed E-state index contributed by atoms with van der Waals surface area (Å²) in [6, 6.07) is 0. The van der Waals surface area contributed by atoms with Crippen molar-refractivity contribution in [3.8, 4) is 0 Å². The van der Waals surface area contributed by atoms with Gasteiger partial charge in [0.05, 0.1) is 12.9 Å². The summed E-state index contributed by atoms with van der Waals surface area (Å²) >= 11 is 0. The molecule has 2 aliphatic heterocycles. The van der Waals surface area contributed by atoms with Gasteiger partial charge in [0.1, 0.15) is 6.61 Å². The van der Waals surface area contributed by atoms with E-state index in [0.29, 0.717) is 6.61 Å². The number of carbonyl (C=O) groups is 1. The van der Waals surface area contributed by atoms with Crippen molar-refractivity contribution in [2.75, 3.05) is 19.8 Å². The molecule has 0 amide bonds. The molecule has 1 fully saturated rings. The van der Waals surface area contributed by atoms with E-state index in [2.05, 4.69) is 0 Å². The van der Waals surface area contributed by atoms with Crippen molar-refractivity contribution >= 4 is 5.78 Å². The smallest absolute Gasteiger partial charge is 0.165 e. The minimum atomic E-state index is 0.0778. The van der Waals surface area contributed by atoms with E-state index in [1.807, 2.05) is 0 Å². The van der Waals surface area contributed by atoms with Gasteiger partial charge < -0.3 is 9.47 Å². The number of hydrogen-bond acceptors (Lipinski definition) is 3. The van der Waals surface area contributed by atoms with E-state index >= 15 is 0 Å². The molecule has 1 unspecified atom stereocenters. The molecule has 13 heavy (non-hydrogen) atoms. The van der Waals surface area contributed by atoms with Crippen LogP contribution in [0.5, 0.6) is 0 Å². The van der Waals surface area contributed by atoms with Gasteiger partial charge in [-0.2, -0.15) is 0 Å². The van der Waals surface area contributed by atoms with E-state index in [1.165, 1.54) is 5.57 Å². The second-order valence-corrected chi connectivity index (χ2v) is 3.53. The second-order valence-electron chi connectivity index (χ2n) is 3.53. The first kappa shape index (κ1) is 8.75. The summed E-state index contributed by atoms with van der Waals surface area (Å²) in [5, 5.41) is 0. The molecule has 0 spiro atoms. The quantitative estimate of drug-likeness (QED) is 0.613. The van der Waals surface area contributed by atoms with E-state index in [0.717, 1.165) is 25.9 Å². The molecule has 0 saturated carbocycles. The molecule has 3 nitrogen and oxygen atoms in total. The number of ketones is 1. The Kier molecular flexibility index (Phi) is 2.64. The minimum Gasteiger partial charge on any atom is -0.501 e. The molecule has 0 N–H and O–H groups in total. The molecular weight excluding hydrogens is 168 g/mol. The largest absolute Gasteiger partial charge is 0.501 e. The maximum absolute atomic E-state index is 11.5. The first-order valence-corrected chi connectivity index (χ1v) is 4.79. The maximum atomic E-state index is 11.5. The van der Waals surface area contributed by atoms with Gasteiger partial charge >= 0.3 is 0 Å². The molecule has 0 aliphatic carbocycles. The Labute approximate surface area is 77.7 Å². The molecule has 2 aliphatic rings. The Morgan fingerprint density at radius 2 is 2.31 bits per heavy atom. The SMILES string of the molecule is O=C1COCCC1C1=COCCC1. The summed E-state index contributed by atoms with van der Waals surface area (Å²) in [7, 11) is 0. The lowest BCUT2D eigenvalue weighted by Crippen LogP contribution is -2.29. The van der Waals surface area contributed by atoms with Crippen LogP contribution in [0.25, 0.3) is 0 Å². The Bertz CT molecular complexity index is 232. The zero-order valence-corrected chi connectivity index (χ0v) is 7.62. The van der Waals surface area contributed by atoms with Gasteiger partial charge in [0, 0.05) is 12.5 Å². The van der Waals surface area contributed by atoms with Gasteiger partial charge in [0.15, 0.2) is 5.78 Å². The van der Waals surface area contributed by atoms with Gasteiger partial charge in [-0.3, -0.25) is 4.79 Å². The lowest BCUT2D eigenvalue weighted by atomic mass is 9.88. The highest BCUT2D eigenvalue weighted by atomic mass is 16.5. The number of allylic oxidation sites excluding steroid dienone is 1. The first-order valence-electron chi connectivity index (χ1n) is 4.79. The monoisotopic (exact) mass is 182 g/mol. The maximum Gasteiger partial charge on any atom is 0.165 e. The van der Waals surface area contributed by atoms with Crippen LogP contribution in [0.3, 0.4) is 0 Å². The van der Waals surface area contributed by atoms with Crippen LogP contribution < -0.4 is 0 Å². The number of rotatable bonds is 1. The van der Waals surface area contributed by atoms with Crippen molar-refractivity contribution < 1.29 is 14.3 Å². The summed E-state index contributed by atoms with van der Waals surface area (Å²) in [6.45, 7) is 1.77. The summed E-state index contributed by atoms with van der Waals surface area (Å²) in [5.41, 5.74) is 1.17. The predicted octanol–water partition coefficient (Wildman–Crippen LogP) is 1.29. The molecule has 0 bridgehead atoms. The lowest BCUT2D eigenvalue weighted by molar-refractivity contribution is -0.131. The van der Waals surface area contributed by atoms with E-state index in [4.69, 9.17) is 9.47 Å². The Morgan fingerprint density at radius 1 is 1.38 bits per heavy atom. The minimum absolute atomic E-state index is 0.0778. The fraction of sp³-hybridized carbons (Fsp3) is 0.700. The van der Waals surface area contributed by atoms with Crippen LogP contribution in [0.4, 0.5) is 0 Å². The average Bonchev–Trinajstić information content (AvgIpc) is 2.20. The van der Waals surface area contributed by atoms with Crippen LogP contribution in [0.1, 0.15) is 19.3 Å². The van der Waals surface area contributed by atoms with Gasteiger partial charge in [-0.25, -0.2) is 0 Å². The van der Waals surface area contributed by atoms with Crippen molar-refractivity contribution in [2.24, 2.45) is 5.92 Å². The van der Waals surface area contributed by atoms with E-state index in [-0.39, 0.29) is 18.3 Å². The molecule has 3 heteroatoms. The summed E-state index contributed by atoms with van der Waals surface area (Å²) in [5.74, 6) is 0.289. The predicted molar refractivity (Wildman–Crippen MR) is 47.2 cm³/mol. The van der Waals surface area contributed by atoms with Gasteiger partial charge in [0.25, 0.3) is 0 Å².